The number of carbonyl (C=O) groups excluding carboxylic acids is 1. The highest BCUT2D eigenvalue weighted by Crippen LogP contribution is 2.39. The van der Waals surface area contributed by atoms with Crippen LogP contribution >= 0.6 is 11.6 Å². The molecule has 1 N–H and O–H groups in total. The standard InChI is InChI=1S/C12H16ClN3O2/c1-6-9(13)15-11(8-4-5-8)16-10(6)14-7(2)12(17)18-3/h7-8H,4-5H2,1-3H3,(H,14,15,16). The maximum Gasteiger partial charge on any atom is 0.328 e. The molecule has 1 aliphatic rings. The predicted molar refractivity (Wildman–Crippen MR) is 68.9 cm³/mol. The second-order valence-electron chi connectivity index (χ2n) is 4.51. The van der Waals surface area contributed by atoms with E-state index in [0.717, 1.165) is 24.2 Å². The molecule has 18 heavy (non-hydrogen) atoms. The quantitative estimate of drug-likeness (QED) is 0.671. The zero-order valence-electron chi connectivity index (χ0n) is 10.7. The number of esters is 1. The van der Waals surface area contributed by atoms with Crippen molar-refractivity contribution in [1.82, 2.24) is 9.97 Å². The van der Waals surface area contributed by atoms with Crippen LogP contribution in [0.3, 0.4) is 0 Å². The van der Waals surface area contributed by atoms with Crippen molar-refractivity contribution in [3.63, 3.8) is 0 Å². The second-order valence-corrected chi connectivity index (χ2v) is 4.87. The molecule has 6 heteroatoms. The summed E-state index contributed by atoms with van der Waals surface area (Å²) in [6.45, 7) is 3.55. The Hall–Kier alpha value is -1.36. The lowest BCUT2D eigenvalue weighted by Crippen LogP contribution is -2.28. The first-order valence-electron chi connectivity index (χ1n) is 5.91. The van der Waals surface area contributed by atoms with Gasteiger partial charge in [-0.3, -0.25) is 0 Å². The number of rotatable bonds is 4. The fourth-order valence-corrected chi connectivity index (χ4v) is 1.79. The van der Waals surface area contributed by atoms with E-state index in [0.29, 0.717) is 16.9 Å². The van der Waals surface area contributed by atoms with Gasteiger partial charge >= 0.3 is 5.97 Å². The van der Waals surface area contributed by atoms with Crippen LogP contribution in [-0.4, -0.2) is 29.1 Å². The number of hydrogen-bond donors (Lipinski definition) is 1. The van der Waals surface area contributed by atoms with Gasteiger partial charge in [0, 0.05) is 11.5 Å². The Balaban J connectivity index is 2.23. The Bertz CT molecular complexity index is 475. The lowest BCUT2D eigenvalue weighted by molar-refractivity contribution is -0.141. The van der Waals surface area contributed by atoms with Gasteiger partial charge in [0.1, 0.15) is 22.8 Å². The van der Waals surface area contributed by atoms with Crippen molar-refractivity contribution in [2.24, 2.45) is 0 Å². The first kappa shape index (κ1) is 13.1. The number of carbonyl (C=O) groups is 1. The molecule has 0 saturated heterocycles. The number of anilines is 1. The minimum atomic E-state index is -0.466. The molecule has 0 aromatic carbocycles. The van der Waals surface area contributed by atoms with Crippen molar-refractivity contribution in [3.05, 3.63) is 16.5 Å². The van der Waals surface area contributed by atoms with E-state index in [1.165, 1.54) is 7.11 Å². The third kappa shape index (κ3) is 2.72. The van der Waals surface area contributed by atoms with Crippen LogP contribution in [0.5, 0.6) is 0 Å². The maximum atomic E-state index is 11.4. The van der Waals surface area contributed by atoms with Gasteiger partial charge in [-0.15, -0.1) is 0 Å². The Morgan fingerprint density at radius 1 is 1.50 bits per heavy atom. The number of halogens is 1. The van der Waals surface area contributed by atoms with Gasteiger partial charge < -0.3 is 10.1 Å². The normalized spacial score (nSPS) is 16.2. The molecular formula is C12H16ClN3O2. The van der Waals surface area contributed by atoms with Gasteiger partial charge in [-0.05, 0) is 26.7 Å². The predicted octanol–water partition coefficient (Wildman–Crippen LogP) is 2.29. The molecule has 5 nitrogen and oxygen atoms in total. The molecule has 1 aromatic heterocycles. The summed E-state index contributed by atoms with van der Waals surface area (Å²) in [5, 5.41) is 3.45. The van der Waals surface area contributed by atoms with Crippen LogP contribution < -0.4 is 5.32 Å². The summed E-state index contributed by atoms with van der Waals surface area (Å²) in [4.78, 5) is 20.1. The molecule has 2 rings (SSSR count). The zero-order valence-corrected chi connectivity index (χ0v) is 11.4. The summed E-state index contributed by atoms with van der Waals surface area (Å²) >= 11 is 6.08. The molecule has 1 saturated carbocycles. The number of ether oxygens (including phenoxy) is 1. The average molecular weight is 270 g/mol. The highest BCUT2D eigenvalue weighted by molar-refractivity contribution is 6.30. The lowest BCUT2D eigenvalue weighted by Gasteiger charge is -2.15. The largest absolute Gasteiger partial charge is 0.467 e. The monoisotopic (exact) mass is 269 g/mol. The second kappa shape index (κ2) is 5.10. The fraction of sp³-hybridized carbons (Fsp3) is 0.583. The van der Waals surface area contributed by atoms with Gasteiger partial charge in [0.25, 0.3) is 0 Å². The summed E-state index contributed by atoms with van der Waals surface area (Å²) in [6, 6.07) is -0.466. The van der Waals surface area contributed by atoms with E-state index in [4.69, 9.17) is 11.6 Å². The summed E-state index contributed by atoms with van der Waals surface area (Å²) < 4.78 is 4.67. The number of methoxy groups -OCH3 is 1. The Morgan fingerprint density at radius 3 is 2.72 bits per heavy atom. The molecule has 98 valence electrons. The van der Waals surface area contributed by atoms with Crippen LogP contribution in [0.4, 0.5) is 5.82 Å². The van der Waals surface area contributed by atoms with E-state index in [1.807, 2.05) is 6.92 Å². The molecule has 1 heterocycles. The van der Waals surface area contributed by atoms with E-state index in [9.17, 15) is 4.79 Å². The van der Waals surface area contributed by atoms with Gasteiger partial charge in [0.05, 0.1) is 7.11 Å². The molecule has 0 aliphatic heterocycles. The number of hydrogen-bond acceptors (Lipinski definition) is 5. The third-order valence-corrected chi connectivity index (χ3v) is 3.32. The van der Waals surface area contributed by atoms with Crippen molar-refractivity contribution in [2.45, 2.75) is 38.6 Å². The van der Waals surface area contributed by atoms with Crippen LogP contribution in [0.2, 0.25) is 5.15 Å². The molecule has 1 unspecified atom stereocenters. The Kier molecular flexibility index (Phi) is 3.71. The summed E-state index contributed by atoms with van der Waals surface area (Å²) in [5.41, 5.74) is 0.747. The molecule has 1 fully saturated rings. The fourth-order valence-electron chi connectivity index (χ4n) is 1.61. The van der Waals surface area contributed by atoms with E-state index < -0.39 is 6.04 Å². The number of nitrogens with one attached hydrogen (secondary N) is 1. The van der Waals surface area contributed by atoms with Gasteiger partial charge in [-0.1, -0.05) is 11.6 Å². The molecule has 0 bridgehead atoms. The number of nitrogens with zero attached hydrogens (tertiary/aromatic N) is 2. The Labute approximate surface area is 111 Å². The first-order valence-corrected chi connectivity index (χ1v) is 6.29. The third-order valence-electron chi connectivity index (χ3n) is 2.95. The summed E-state index contributed by atoms with van der Waals surface area (Å²) in [6.07, 6.45) is 2.21. The van der Waals surface area contributed by atoms with Crippen LogP contribution in [0.15, 0.2) is 0 Å². The van der Waals surface area contributed by atoms with Gasteiger partial charge in [-0.25, -0.2) is 14.8 Å². The minimum Gasteiger partial charge on any atom is -0.467 e. The minimum absolute atomic E-state index is 0.336. The summed E-state index contributed by atoms with van der Waals surface area (Å²) in [7, 11) is 1.36. The highest BCUT2D eigenvalue weighted by Gasteiger charge is 2.28. The van der Waals surface area contributed by atoms with Crippen LogP contribution in [0, 0.1) is 6.92 Å². The Morgan fingerprint density at radius 2 is 2.17 bits per heavy atom. The van der Waals surface area contributed by atoms with Crippen molar-refractivity contribution in [1.29, 1.82) is 0 Å². The molecular weight excluding hydrogens is 254 g/mol. The molecule has 1 aliphatic carbocycles. The smallest absolute Gasteiger partial charge is 0.328 e. The van der Waals surface area contributed by atoms with Crippen molar-refractivity contribution in [3.8, 4) is 0 Å². The van der Waals surface area contributed by atoms with E-state index in [1.54, 1.807) is 6.92 Å². The lowest BCUT2D eigenvalue weighted by atomic mass is 10.2. The molecule has 1 aromatic rings. The average Bonchev–Trinajstić information content (AvgIpc) is 3.17. The van der Waals surface area contributed by atoms with E-state index >= 15 is 0 Å². The highest BCUT2D eigenvalue weighted by atomic mass is 35.5. The van der Waals surface area contributed by atoms with Crippen molar-refractivity contribution in [2.75, 3.05) is 12.4 Å². The molecule has 1 atom stereocenters. The van der Waals surface area contributed by atoms with Crippen LogP contribution in [0.25, 0.3) is 0 Å². The molecule has 0 spiro atoms. The first-order chi connectivity index (χ1) is 8.52. The van der Waals surface area contributed by atoms with E-state index in [2.05, 4.69) is 20.0 Å². The zero-order chi connectivity index (χ0) is 13.3. The van der Waals surface area contributed by atoms with Crippen molar-refractivity contribution >= 4 is 23.4 Å². The topological polar surface area (TPSA) is 64.1 Å². The van der Waals surface area contributed by atoms with Crippen LogP contribution in [0.1, 0.15) is 37.1 Å². The maximum absolute atomic E-state index is 11.4. The van der Waals surface area contributed by atoms with Gasteiger partial charge in [0.15, 0.2) is 0 Å². The SMILES string of the molecule is COC(=O)C(C)Nc1nc(C2CC2)nc(Cl)c1C. The van der Waals surface area contributed by atoms with Crippen LogP contribution in [-0.2, 0) is 9.53 Å². The van der Waals surface area contributed by atoms with Crippen molar-refractivity contribution < 1.29 is 9.53 Å². The van der Waals surface area contributed by atoms with Gasteiger partial charge in [-0.2, -0.15) is 0 Å². The van der Waals surface area contributed by atoms with Gasteiger partial charge in [0.2, 0.25) is 0 Å². The number of aromatic nitrogens is 2. The summed E-state index contributed by atoms with van der Waals surface area (Å²) in [5.74, 6) is 1.44. The van der Waals surface area contributed by atoms with E-state index in [-0.39, 0.29) is 5.97 Å². The molecule has 0 radical (unpaired) electrons. The molecule has 0 amide bonds.